The number of rotatable bonds is 11. The first-order chi connectivity index (χ1) is 10.3. The molecule has 0 amide bonds. The Morgan fingerprint density at radius 1 is 0.857 bits per heavy atom. The predicted molar refractivity (Wildman–Crippen MR) is 85.9 cm³/mol. The van der Waals surface area contributed by atoms with Crippen LogP contribution in [0.15, 0.2) is 24.3 Å². The van der Waals surface area contributed by atoms with E-state index in [4.69, 9.17) is 9.47 Å². The van der Waals surface area contributed by atoms with Crippen molar-refractivity contribution in [2.45, 2.75) is 58.8 Å². The first kappa shape index (κ1) is 17.5. The van der Waals surface area contributed by atoms with Crippen molar-refractivity contribution in [3.63, 3.8) is 0 Å². The van der Waals surface area contributed by atoms with Crippen LogP contribution in [0.2, 0.25) is 0 Å². The zero-order chi connectivity index (χ0) is 15.3. The third-order valence-electron chi connectivity index (χ3n) is 3.29. The van der Waals surface area contributed by atoms with Crippen LogP contribution in [0, 0.1) is 0 Å². The molecular weight excluding hydrogens is 264 g/mol. The monoisotopic (exact) mass is 292 g/mol. The minimum Gasteiger partial charge on any atom is -0.494 e. The lowest BCUT2D eigenvalue weighted by molar-refractivity contribution is 0.0505. The first-order valence-electron chi connectivity index (χ1n) is 8.18. The van der Waals surface area contributed by atoms with Crippen molar-refractivity contribution in [1.29, 1.82) is 0 Å². The summed E-state index contributed by atoms with van der Waals surface area (Å²) < 4.78 is 10.8. The van der Waals surface area contributed by atoms with Crippen LogP contribution in [0.25, 0.3) is 0 Å². The maximum absolute atomic E-state index is 11.6. The van der Waals surface area contributed by atoms with Gasteiger partial charge in [0.05, 0.1) is 18.8 Å². The van der Waals surface area contributed by atoms with Gasteiger partial charge in [0.25, 0.3) is 0 Å². The molecule has 0 radical (unpaired) electrons. The highest BCUT2D eigenvalue weighted by Gasteiger charge is 2.06. The van der Waals surface area contributed by atoms with E-state index >= 15 is 0 Å². The minimum atomic E-state index is -0.265. The number of esters is 1. The van der Waals surface area contributed by atoms with Crippen LogP contribution in [0.1, 0.15) is 69.2 Å². The van der Waals surface area contributed by atoms with Gasteiger partial charge in [-0.05, 0) is 37.1 Å². The zero-order valence-corrected chi connectivity index (χ0v) is 13.4. The Kier molecular flexibility index (Phi) is 9.34. The van der Waals surface area contributed by atoms with Crippen LogP contribution in [-0.4, -0.2) is 19.2 Å². The van der Waals surface area contributed by atoms with Crippen LogP contribution in [-0.2, 0) is 4.74 Å². The fourth-order valence-electron chi connectivity index (χ4n) is 2.04. The van der Waals surface area contributed by atoms with E-state index in [0.717, 1.165) is 25.2 Å². The van der Waals surface area contributed by atoms with Crippen molar-refractivity contribution in [3.05, 3.63) is 29.8 Å². The Morgan fingerprint density at radius 3 is 2.19 bits per heavy atom. The highest BCUT2D eigenvalue weighted by molar-refractivity contribution is 5.89. The number of hydrogen-bond donors (Lipinski definition) is 0. The van der Waals surface area contributed by atoms with Gasteiger partial charge < -0.3 is 9.47 Å². The molecule has 0 bridgehead atoms. The fourth-order valence-corrected chi connectivity index (χ4v) is 2.04. The van der Waals surface area contributed by atoms with Gasteiger partial charge in [-0.1, -0.05) is 46.0 Å². The standard InChI is InChI=1S/C18H28O3/c1-3-5-6-7-8-9-15-20-17-12-10-16(11-13-17)18(19)21-14-4-2/h10-13H,3-9,14-15H2,1-2H3. The molecule has 0 aromatic heterocycles. The molecule has 1 aromatic carbocycles. The van der Waals surface area contributed by atoms with Gasteiger partial charge in [0.1, 0.15) is 5.75 Å². The summed E-state index contributed by atoms with van der Waals surface area (Å²) in [5, 5.41) is 0. The highest BCUT2D eigenvalue weighted by atomic mass is 16.5. The molecule has 0 spiro atoms. The van der Waals surface area contributed by atoms with Gasteiger partial charge in [-0.25, -0.2) is 4.79 Å². The number of carbonyl (C=O) groups excluding carboxylic acids is 1. The minimum absolute atomic E-state index is 0.265. The first-order valence-corrected chi connectivity index (χ1v) is 8.18. The van der Waals surface area contributed by atoms with E-state index in [-0.39, 0.29) is 5.97 Å². The Balaban J connectivity index is 2.20. The summed E-state index contributed by atoms with van der Waals surface area (Å²) in [4.78, 5) is 11.6. The van der Waals surface area contributed by atoms with E-state index in [2.05, 4.69) is 6.92 Å². The zero-order valence-electron chi connectivity index (χ0n) is 13.4. The fraction of sp³-hybridized carbons (Fsp3) is 0.611. The molecule has 1 aromatic rings. The molecule has 0 saturated heterocycles. The lowest BCUT2D eigenvalue weighted by Gasteiger charge is -2.07. The summed E-state index contributed by atoms with van der Waals surface area (Å²) in [7, 11) is 0. The average molecular weight is 292 g/mol. The van der Waals surface area contributed by atoms with Crippen LogP contribution >= 0.6 is 0 Å². The molecule has 118 valence electrons. The lowest BCUT2D eigenvalue weighted by Crippen LogP contribution is -2.05. The van der Waals surface area contributed by atoms with E-state index in [9.17, 15) is 4.79 Å². The number of carbonyl (C=O) groups is 1. The molecule has 0 N–H and O–H groups in total. The average Bonchev–Trinajstić information content (AvgIpc) is 2.52. The number of unbranched alkanes of at least 4 members (excludes halogenated alkanes) is 5. The summed E-state index contributed by atoms with van der Waals surface area (Å²) in [6.45, 7) is 5.41. The van der Waals surface area contributed by atoms with Crippen molar-refractivity contribution in [2.75, 3.05) is 13.2 Å². The van der Waals surface area contributed by atoms with Crippen molar-refractivity contribution in [3.8, 4) is 5.75 Å². The van der Waals surface area contributed by atoms with Gasteiger partial charge in [-0.15, -0.1) is 0 Å². The second kappa shape index (κ2) is 11.2. The van der Waals surface area contributed by atoms with Gasteiger partial charge in [-0.3, -0.25) is 0 Å². The predicted octanol–water partition coefficient (Wildman–Crippen LogP) is 4.99. The van der Waals surface area contributed by atoms with Gasteiger partial charge in [0.15, 0.2) is 0 Å². The Labute approximate surface area is 128 Å². The smallest absolute Gasteiger partial charge is 0.338 e. The van der Waals surface area contributed by atoms with Gasteiger partial charge in [0.2, 0.25) is 0 Å². The Bertz CT molecular complexity index is 384. The summed E-state index contributed by atoms with van der Waals surface area (Å²) in [5.41, 5.74) is 0.579. The molecule has 0 saturated carbocycles. The highest BCUT2D eigenvalue weighted by Crippen LogP contribution is 2.14. The van der Waals surface area contributed by atoms with Crippen molar-refractivity contribution < 1.29 is 14.3 Å². The third-order valence-corrected chi connectivity index (χ3v) is 3.29. The lowest BCUT2D eigenvalue weighted by atomic mass is 10.1. The van der Waals surface area contributed by atoms with Crippen molar-refractivity contribution >= 4 is 5.97 Å². The maximum atomic E-state index is 11.6. The molecule has 0 fully saturated rings. The molecule has 0 aliphatic rings. The quantitative estimate of drug-likeness (QED) is 0.425. The van der Waals surface area contributed by atoms with Gasteiger partial charge in [0, 0.05) is 0 Å². The molecule has 21 heavy (non-hydrogen) atoms. The van der Waals surface area contributed by atoms with Crippen LogP contribution in [0.4, 0.5) is 0 Å². The van der Waals surface area contributed by atoms with E-state index < -0.39 is 0 Å². The topological polar surface area (TPSA) is 35.5 Å². The van der Waals surface area contributed by atoms with E-state index in [1.807, 2.05) is 19.1 Å². The molecule has 1 rings (SSSR count). The van der Waals surface area contributed by atoms with Crippen LogP contribution < -0.4 is 4.74 Å². The summed E-state index contributed by atoms with van der Waals surface area (Å²) in [6.07, 6.45) is 8.38. The Morgan fingerprint density at radius 2 is 1.52 bits per heavy atom. The molecule has 0 atom stereocenters. The van der Waals surface area contributed by atoms with Gasteiger partial charge >= 0.3 is 5.97 Å². The third kappa shape index (κ3) is 7.74. The second-order valence-electron chi connectivity index (χ2n) is 5.28. The van der Waals surface area contributed by atoms with Gasteiger partial charge in [-0.2, -0.15) is 0 Å². The second-order valence-corrected chi connectivity index (χ2v) is 5.28. The van der Waals surface area contributed by atoms with Crippen molar-refractivity contribution in [1.82, 2.24) is 0 Å². The number of ether oxygens (including phenoxy) is 2. The summed E-state index contributed by atoms with van der Waals surface area (Å²) in [6, 6.07) is 7.18. The maximum Gasteiger partial charge on any atom is 0.338 e. The summed E-state index contributed by atoms with van der Waals surface area (Å²) in [5.74, 6) is 0.551. The normalized spacial score (nSPS) is 10.4. The SMILES string of the molecule is CCCCCCCCOc1ccc(C(=O)OCCC)cc1. The molecule has 3 nitrogen and oxygen atoms in total. The van der Waals surface area contributed by atoms with E-state index in [1.165, 1.54) is 32.1 Å². The molecule has 3 heteroatoms. The molecule has 0 aliphatic carbocycles. The summed E-state index contributed by atoms with van der Waals surface area (Å²) >= 11 is 0. The Hall–Kier alpha value is -1.51. The van der Waals surface area contributed by atoms with Crippen molar-refractivity contribution in [2.24, 2.45) is 0 Å². The molecule has 0 unspecified atom stereocenters. The van der Waals surface area contributed by atoms with Crippen LogP contribution in [0.3, 0.4) is 0 Å². The molecule has 0 heterocycles. The van der Waals surface area contributed by atoms with Crippen LogP contribution in [0.5, 0.6) is 5.75 Å². The van der Waals surface area contributed by atoms with E-state index in [0.29, 0.717) is 12.2 Å². The molecule has 0 aliphatic heterocycles. The molecular formula is C18H28O3. The van der Waals surface area contributed by atoms with E-state index in [1.54, 1.807) is 12.1 Å². The number of benzene rings is 1. The largest absolute Gasteiger partial charge is 0.494 e. The number of hydrogen-bond acceptors (Lipinski definition) is 3.